The molecule has 3 aromatic heterocycles. The Balaban J connectivity index is 1.26. The van der Waals surface area contributed by atoms with E-state index in [1.807, 2.05) is 37.5 Å². The first-order chi connectivity index (χ1) is 17.5. The van der Waals surface area contributed by atoms with Crippen LogP contribution in [0.1, 0.15) is 5.56 Å². The lowest BCUT2D eigenvalue weighted by atomic mass is 10.1. The van der Waals surface area contributed by atoms with Crippen LogP contribution in [-0.2, 0) is 23.1 Å². The molecular formula is C25H25N7O4. The number of carbonyl (C=O) groups is 1. The summed E-state index contributed by atoms with van der Waals surface area (Å²) in [4.78, 5) is 35.2. The maximum absolute atomic E-state index is 12.4. The van der Waals surface area contributed by atoms with Gasteiger partial charge in [-0.25, -0.2) is 14.6 Å². The van der Waals surface area contributed by atoms with Crippen LogP contribution in [0.25, 0.3) is 22.6 Å². The van der Waals surface area contributed by atoms with Crippen LogP contribution in [0.3, 0.4) is 0 Å². The topological polar surface area (TPSA) is 117 Å². The van der Waals surface area contributed by atoms with Crippen LogP contribution < -0.4 is 10.3 Å². The Morgan fingerprint density at radius 3 is 2.61 bits per heavy atom. The second kappa shape index (κ2) is 10.5. The van der Waals surface area contributed by atoms with Crippen molar-refractivity contribution in [3.8, 4) is 28.4 Å². The molecule has 1 fully saturated rings. The molecular weight excluding hydrogens is 462 g/mol. The fraction of sp³-hybridized carbons (Fsp3) is 0.280. The smallest absolute Gasteiger partial charge is 0.267 e. The Kier molecular flexibility index (Phi) is 6.80. The average molecular weight is 488 g/mol. The third-order valence-corrected chi connectivity index (χ3v) is 5.74. The van der Waals surface area contributed by atoms with E-state index >= 15 is 0 Å². The fourth-order valence-electron chi connectivity index (χ4n) is 3.84. The number of hydrogen-bond donors (Lipinski definition) is 0. The molecule has 1 amide bonds. The molecule has 11 nitrogen and oxygen atoms in total. The highest BCUT2D eigenvalue weighted by Gasteiger charge is 2.17. The first-order valence-corrected chi connectivity index (χ1v) is 11.5. The lowest BCUT2D eigenvalue weighted by Crippen LogP contribution is -2.42. The van der Waals surface area contributed by atoms with E-state index in [4.69, 9.17) is 9.47 Å². The van der Waals surface area contributed by atoms with Crippen molar-refractivity contribution in [3.05, 3.63) is 77.1 Å². The van der Waals surface area contributed by atoms with E-state index in [-0.39, 0.29) is 18.1 Å². The first-order valence-electron chi connectivity index (χ1n) is 11.5. The van der Waals surface area contributed by atoms with Crippen LogP contribution in [0.4, 0.5) is 0 Å². The molecule has 0 aliphatic carbocycles. The van der Waals surface area contributed by atoms with Crippen molar-refractivity contribution in [1.29, 1.82) is 0 Å². The van der Waals surface area contributed by atoms with E-state index in [2.05, 4.69) is 20.2 Å². The van der Waals surface area contributed by atoms with Crippen molar-refractivity contribution in [2.45, 2.75) is 6.54 Å². The zero-order chi connectivity index (χ0) is 24.9. The van der Waals surface area contributed by atoms with Gasteiger partial charge in [-0.1, -0.05) is 18.2 Å². The van der Waals surface area contributed by atoms with Crippen LogP contribution in [-0.4, -0.2) is 73.2 Å². The highest BCUT2D eigenvalue weighted by atomic mass is 16.5. The highest BCUT2D eigenvalue weighted by molar-refractivity contribution is 5.77. The van der Waals surface area contributed by atoms with Gasteiger partial charge < -0.3 is 14.4 Å². The molecule has 36 heavy (non-hydrogen) atoms. The number of ether oxygens (including phenoxy) is 2. The number of amides is 1. The summed E-state index contributed by atoms with van der Waals surface area (Å²) in [6, 6.07) is 10.8. The molecule has 1 aliphatic rings. The number of benzene rings is 1. The lowest BCUT2D eigenvalue weighted by Gasteiger charge is -2.26. The zero-order valence-corrected chi connectivity index (χ0v) is 19.8. The molecule has 1 aromatic carbocycles. The van der Waals surface area contributed by atoms with Gasteiger partial charge in [0.25, 0.3) is 11.5 Å². The first kappa shape index (κ1) is 23.4. The molecule has 0 N–H and O–H groups in total. The number of morpholine rings is 1. The summed E-state index contributed by atoms with van der Waals surface area (Å²) in [5, 5.41) is 8.66. The van der Waals surface area contributed by atoms with Crippen molar-refractivity contribution in [3.63, 3.8) is 0 Å². The molecule has 0 atom stereocenters. The normalized spacial score (nSPS) is 13.5. The van der Waals surface area contributed by atoms with E-state index in [1.165, 1.54) is 10.7 Å². The van der Waals surface area contributed by atoms with Gasteiger partial charge in [0.2, 0.25) is 0 Å². The Bertz CT molecular complexity index is 1410. The standard InChI is InChI=1S/C25H25N7O4/c1-30-16-20(12-28-30)22-5-6-23(33)32(29-22)15-18-3-2-4-19(11-18)25-26-13-21(14-27-25)36-17-24(34)31-7-9-35-10-8-31/h2-6,11-14,16H,7-10,15,17H2,1H3. The zero-order valence-electron chi connectivity index (χ0n) is 19.8. The minimum atomic E-state index is -0.197. The van der Waals surface area contributed by atoms with E-state index in [0.29, 0.717) is 50.1 Å². The SMILES string of the molecule is Cn1cc(-c2ccc(=O)n(Cc3cccc(-c4ncc(OCC(=O)N5CCOCC5)cn4)c3)n2)cn1. The molecule has 4 heterocycles. The van der Waals surface area contributed by atoms with Crippen molar-refractivity contribution in [2.75, 3.05) is 32.9 Å². The van der Waals surface area contributed by atoms with Crippen LogP contribution in [0.2, 0.25) is 0 Å². The number of nitrogens with zero attached hydrogens (tertiary/aromatic N) is 7. The number of hydrogen-bond acceptors (Lipinski definition) is 8. The Morgan fingerprint density at radius 2 is 1.86 bits per heavy atom. The second-order valence-electron chi connectivity index (χ2n) is 8.34. The number of carbonyl (C=O) groups excluding carboxylic acids is 1. The molecule has 1 aliphatic heterocycles. The quantitative estimate of drug-likeness (QED) is 0.384. The molecule has 0 spiro atoms. The highest BCUT2D eigenvalue weighted by Crippen LogP contribution is 2.19. The van der Waals surface area contributed by atoms with Crippen molar-refractivity contribution >= 4 is 5.91 Å². The molecule has 0 saturated carbocycles. The van der Waals surface area contributed by atoms with Gasteiger partial charge in [-0.05, 0) is 17.7 Å². The Morgan fingerprint density at radius 1 is 1.06 bits per heavy atom. The summed E-state index contributed by atoms with van der Waals surface area (Å²) < 4.78 is 13.9. The second-order valence-corrected chi connectivity index (χ2v) is 8.34. The largest absolute Gasteiger partial charge is 0.481 e. The van der Waals surface area contributed by atoms with Crippen LogP contribution in [0, 0.1) is 0 Å². The Hall–Kier alpha value is -4.38. The summed E-state index contributed by atoms with van der Waals surface area (Å²) in [6.07, 6.45) is 6.65. The molecule has 4 aromatic rings. The van der Waals surface area contributed by atoms with Crippen molar-refractivity contribution in [2.24, 2.45) is 7.05 Å². The van der Waals surface area contributed by atoms with E-state index < -0.39 is 0 Å². The van der Waals surface area contributed by atoms with Gasteiger partial charge in [-0.15, -0.1) is 0 Å². The lowest BCUT2D eigenvalue weighted by molar-refractivity contribution is -0.137. The summed E-state index contributed by atoms with van der Waals surface area (Å²) in [6.45, 7) is 2.46. The number of aromatic nitrogens is 6. The average Bonchev–Trinajstić information content (AvgIpc) is 3.36. The van der Waals surface area contributed by atoms with E-state index in [0.717, 1.165) is 16.7 Å². The van der Waals surface area contributed by atoms with Gasteiger partial charge in [0.05, 0.1) is 44.0 Å². The Labute approximate surface area is 206 Å². The van der Waals surface area contributed by atoms with Crippen LogP contribution in [0.15, 0.2) is 66.0 Å². The van der Waals surface area contributed by atoms with Crippen molar-refractivity contribution in [1.82, 2.24) is 34.4 Å². The summed E-state index contributed by atoms with van der Waals surface area (Å²) in [7, 11) is 1.83. The van der Waals surface area contributed by atoms with Gasteiger partial charge >= 0.3 is 0 Å². The maximum atomic E-state index is 12.4. The minimum absolute atomic E-state index is 0.0714. The molecule has 0 bridgehead atoms. The van der Waals surface area contributed by atoms with E-state index in [1.54, 1.807) is 34.2 Å². The van der Waals surface area contributed by atoms with Gasteiger partial charge in [0.15, 0.2) is 18.2 Å². The molecule has 1 saturated heterocycles. The van der Waals surface area contributed by atoms with Crippen molar-refractivity contribution < 1.29 is 14.3 Å². The predicted octanol–water partition coefficient (Wildman–Crippen LogP) is 1.39. The molecule has 0 radical (unpaired) electrons. The summed E-state index contributed by atoms with van der Waals surface area (Å²) >= 11 is 0. The molecule has 184 valence electrons. The van der Waals surface area contributed by atoms with Gasteiger partial charge in [-0.2, -0.15) is 10.2 Å². The monoisotopic (exact) mass is 487 g/mol. The van der Waals surface area contributed by atoms with Gasteiger partial charge in [-0.3, -0.25) is 14.3 Å². The maximum Gasteiger partial charge on any atom is 0.267 e. The third kappa shape index (κ3) is 5.47. The van der Waals surface area contributed by atoms with Gasteiger partial charge in [0, 0.05) is 43.5 Å². The minimum Gasteiger partial charge on any atom is -0.481 e. The van der Waals surface area contributed by atoms with E-state index in [9.17, 15) is 9.59 Å². The number of aryl methyl sites for hydroxylation is 1. The number of rotatable bonds is 7. The molecule has 11 heteroatoms. The van der Waals surface area contributed by atoms with Gasteiger partial charge in [0.1, 0.15) is 0 Å². The van der Waals surface area contributed by atoms with Crippen LogP contribution in [0.5, 0.6) is 5.75 Å². The summed E-state index contributed by atoms with van der Waals surface area (Å²) in [5.74, 6) is 0.833. The third-order valence-electron chi connectivity index (χ3n) is 5.74. The molecule has 0 unspecified atom stereocenters. The van der Waals surface area contributed by atoms with Crippen LogP contribution >= 0.6 is 0 Å². The molecule has 5 rings (SSSR count). The fourth-order valence-corrected chi connectivity index (χ4v) is 3.84. The predicted molar refractivity (Wildman–Crippen MR) is 130 cm³/mol. The summed E-state index contributed by atoms with van der Waals surface area (Å²) in [5.41, 5.74) is 2.98.